The smallest absolute Gasteiger partial charge is 0.220 e. The molecule has 84 valence electrons. The molecule has 1 unspecified atom stereocenters. The second-order valence-corrected chi connectivity index (χ2v) is 4.97. The van der Waals surface area contributed by atoms with E-state index < -0.39 is 0 Å². The van der Waals surface area contributed by atoms with Gasteiger partial charge in [0.2, 0.25) is 5.91 Å². The number of hydrogen-bond acceptors (Lipinski definition) is 1. The standard InChI is InChI=1S/C11H22ClNO/c1-5-9(2)8-10(14)13-11(3,4)6-7-12/h9H,5-8H2,1-4H3,(H,13,14). The molecule has 0 aliphatic heterocycles. The summed E-state index contributed by atoms with van der Waals surface area (Å²) < 4.78 is 0. The van der Waals surface area contributed by atoms with Crippen LogP contribution in [0.2, 0.25) is 0 Å². The highest BCUT2D eigenvalue weighted by atomic mass is 35.5. The van der Waals surface area contributed by atoms with Crippen LogP contribution in [0.1, 0.15) is 47.0 Å². The third-order valence-corrected chi connectivity index (χ3v) is 2.62. The van der Waals surface area contributed by atoms with Crippen LogP contribution in [0.25, 0.3) is 0 Å². The van der Waals surface area contributed by atoms with Crippen LogP contribution in [0, 0.1) is 5.92 Å². The monoisotopic (exact) mass is 219 g/mol. The minimum absolute atomic E-state index is 0.134. The fourth-order valence-electron chi connectivity index (χ4n) is 1.19. The molecule has 0 aromatic rings. The van der Waals surface area contributed by atoms with Gasteiger partial charge in [-0.25, -0.2) is 0 Å². The molecule has 2 nitrogen and oxygen atoms in total. The number of carbonyl (C=O) groups excluding carboxylic acids is 1. The van der Waals surface area contributed by atoms with Crippen molar-refractivity contribution >= 4 is 17.5 Å². The first kappa shape index (κ1) is 13.8. The molecule has 1 N–H and O–H groups in total. The zero-order chi connectivity index (χ0) is 11.2. The number of carbonyl (C=O) groups is 1. The predicted octanol–water partition coefficient (Wildman–Crippen LogP) is 2.95. The first-order valence-corrected chi connectivity index (χ1v) is 5.81. The second-order valence-electron chi connectivity index (χ2n) is 4.59. The zero-order valence-corrected chi connectivity index (χ0v) is 10.4. The molecule has 0 saturated heterocycles. The Morgan fingerprint density at radius 2 is 2.07 bits per heavy atom. The third kappa shape index (κ3) is 6.25. The van der Waals surface area contributed by atoms with E-state index in [1.807, 2.05) is 13.8 Å². The Balaban J connectivity index is 3.92. The molecule has 0 spiro atoms. The van der Waals surface area contributed by atoms with E-state index in [-0.39, 0.29) is 11.4 Å². The molecule has 0 bridgehead atoms. The largest absolute Gasteiger partial charge is 0.351 e. The number of halogens is 1. The Hall–Kier alpha value is -0.240. The number of rotatable bonds is 6. The van der Waals surface area contributed by atoms with E-state index in [1.54, 1.807) is 0 Å². The first-order valence-electron chi connectivity index (χ1n) is 5.28. The summed E-state index contributed by atoms with van der Waals surface area (Å²) in [5, 5.41) is 3.00. The van der Waals surface area contributed by atoms with E-state index >= 15 is 0 Å². The SMILES string of the molecule is CCC(C)CC(=O)NC(C)(C)CCCl. The minimum atomic E-state index is -0.174. The number of nitrogens with one attached hydrogen (secondary N) is 1. The lowest BCUT2D eigenvalue weighted by atomic mass is 9.99. The molecular formula is C11H22ClNO. The molecule has 1 atom stereocenters. The first-order chi connectivity index (χ1) is 6.41. The van der Waals surface area contributed by atoms with Crippen molar-refractivity contribution in [3.8, 4) is 0 Å². The topological polar surface area (TPSA) is 29.1 Å². The van der Waals surface area contributed by atoms with Gasteiger partial charge in [-0.3, -0.25) is 4.79 Å². The van der Waals surface area contributed by atoms with Gasteiger partial charge in [0.05, 0.1) is 0 Å². The molecule has 0 fully saturated rings. The van der Waals surface area contributed by atoms with Gasteiger partial charge in [-0.1, -0.05) is 20.3 Å². The van der Waals surface area contributed by atoms with Crippen LogP contribution in [-0.4, -0.2) is 17.3 Å². The number of amides is 1. The summed E-state index contributed by atoms with van der Waals surface area (Å²) >= 11 is 5.65. The summed E-state index contributed by atoms with van der Waals surface area (Å²) in [5.41, 5.74) is -0.174. The average Bonchev–Trinajstić information content (AvgIpc) is 2.02. The van der Waals surface area contributed by atoms with Gasteiger partial charge < -0.3 is 5.32 Å². The molecule has 0 radical (unpaired) electrons. The Morgan fingerprint density at radius 1 is 1.50 bits per heavy atom. The molecule has 1 amide bonds. The van der Waals surface area contributed by atoms with Gasteiger partial charge in [0.1, 0.15) is 0 Å². The van der Waals surface area contributed by atoms with Crippen molar-refractivity contribution in [3.05, 3.63) is 0 Å². The van der Waals surface area contributed by atoms with E-state index in [2.05, 4.69) is 19.2 Å². The highest BCUT2D eigenvalue weighted by Gasteiger charge is 2.20. The van der Waals surface area contributed by atoms with Crippen LogP contribution in [0.15, 0.2) is 0 Å². The minimum Gasteiger partial charge on any atom is -0.351 e. The highest BCUT2D eigenvalue weighted by molar-refractivity contribution is 6.17. The van der Waals surface area contributed by atoms with Gasteiger partial charge in [-0.15, -0.1) is 11.6 Å². The lowest BCUT2D eigenvalue weighted by Crippen LogP contribution is -2.44. The quantitative estimate of drug-likeness (QED) is 0.684. The zero-order valence-electron chi connectivity index (χ0n) is 9.69. The summed E-state index contributed by atoms with van der Waals surface area (Å²) in [4.78, 5) is 11.5. The van der Waals surface area contributed by atoms with Crippen LogP contribution in [0.5, 0.6) is 0 Å². The molecule has 0 rings (SSSR count). The molecule has 0 heterocycles. The van der Waals surface area contributed by atoms with Crippen molar-refractivity contribution in [1.82, 2.24) is 5.32 Å². The van der Waals surface area contributed by atoms with E-state index in [1.165, 1.54) is 0 Å². The van der Waals surface area contributed by atoms with Gasteiger partial charge in [-0.05, 0) is 26.2 Å². The van der Waals surface area contributed by atoms with Gasteiger partial charge in [0, 0.05) is 17.8 Å². The Morgan fingerprint density at radius 3 is 2.50 bits per heavy atom. The molecule has 0 aliphatic rings. The van der Waals surface area contributed by atoms with Gasteiger partial charge in [-0.2, -0.15) is 0 Å². The maximum atomic E-state index is 11.5. The van der Waals surface area contributed by atoms with Crippen LogP contribution < -0.4 is 5.32 Å². The predicted molar refractivity (Wildman–Crippen MR) is 61.6 cm³/mol. The highest BCUT2D eigenvalue weighted by Crippen LogP contribution is 2.12. The van der Waals surface area contributed by atoms with Crippen molar-refractivity contribution in [3.63, 3.8) is 0 Å². The Bertz CT molecular complexity index is 180. The number of alkyl halides is 1. The van der Waals surface area contributed by atoms with Crippen LogP contribution >= 0.6 is 11.6 Å². The van der Waals surface area contributed by atoms with Crippen molar-refractivity contribution < 1.29 is 4.79 Å². The van der Waals surface area contributed by atoms with E-state index in [0.29, 0.717) is 18.2 Å². The average molecular weight is 220 g/mol. The van der Waals surface area contributed by atoms with E-state index in [9.17, 15) is 4.79 Å². The van der Waals surface area contributed by atoms with Crippen LogP contribution in [-0.2, 0) is 4.79 Å². The maximum absolute atomic E-state index is 11.5. The second kappa shape index (κ2) is 6.28. The summed E-state index contributed by atoms with van der Waals surface area (Å²) in [5.74, 6) is 1.17. The molecule has 3 heteroatoms. The van der Waals surface area contributed by atoms with Crippen LogP contribution in [0.3, 0.4) is 0 Å². The van der Waals surface area contributed by atoms with E-state index in [4.69, 9.17) is 11.6 Å². The van der Waals surface area contributed by atoms with Gasteiger partial charge in [0.15, 0.2) is 0 Å². The molecule has 0 aliphatic carbocycles. The maximum Gasteiger partial charge on any atom is 0.220 e. The third-order valence-electron chi connectivity index (χ3n) is 2.43. The molecule has 14 heavy (non-hydrogen) atoms. The van der Waals surface area contributed by atoms with E-state index in [0.717, 1.165) is 12.8 Å². The number of hydrogen-bond donors (Lipinski definition) is 1. The van der Waals surface area contributed by atoms with Crippen molar-refractivity contribution in [2.75, 3.05) is 5.88 Å². The lowest BCUT2D eigenvalue weighted by Gasteiger charge is -2.26. The van der Waals surface area contributed by atoms with Gasteiger partial charge >= 0.3 is 0 Å². The van der Waals surface area contributed by atoms with Crippen molar-refractivity contribution in [2.24, 2.45) is 5.92 Å². The molecule has 0 saturated carbocycles. The fraction of sp³-hybridized carbons (Fsp3) is 0.909. The molecule has 0 aromatic carbocycles. The van der Waals surface area contributed by atoms with Crippen molar-refractivity contribution in [1.29, 1.82) is 0 Å². The van der Waals surface area contributed by atoms with Gasteiger partial charge in [0.25, 0.3) is 0 Å². The summed E-state index contributed by atoms with van der Waals surface area (Å²) in [6.45, 7) is 8.20. The lowest BCUT2D eigenvalue weighted by molar-refractivity contribution is -0.123. The molecule has 0 aromatic heterocycles. The summed E-state index contributed by atoms with van der Waals surface area (Å²) in [6, 6.07) is 0. The molecular weight excluding hydrogens is 198 g/mol. The fourth-order valence-corrected chi connectivity index (χ4v) is 1.66. The normalized spacial score (nSPS) is 13.8. The Labute approximate surface area is 92.4 Å². The Kier molecular flexibility index (Phi) is 6.17. The summed E-state index contributed by atoms with van der Waals surface area (Å²) in [6.07, 6.45) is 2.46. The van der Waals surface area contributed by atoms with Crippen molar-refractivity contribution in [2.45, 2.75) is 52.5 Å². The van der Waals surface area contributed by atoms with Crippen LogP contribution in [0.4, 0.5) is 0 Å². The summed E-state index contributed by atoms with van der Waals surface area (Å²) in [7, 11) is 0.